The second-order valence-electron chi connectivity index (χ2n) is 12.5. The normalized spacial score (nSPS) is 19.5. The average Bonchev–Trinajstić information content (AvgIpc) is 3.15. The molecule has 1 unspecified atom stereocenters. The fourth-order valence-corrected chi connectivity index (χ4v) is 6.72. The van der Waals surface area contributed by atoms with Crippen molar-refractivity contribution in [3.8, 4) is 11.5 Å². The number of carbonyl (C=O) groups is 2. The first kappa shape index (κ1) is 29.5. The predicted octanol–water partition coefficient (Wildman–Crippen LogP) is 5.81. The van der Waals surface area contributed by atoms with E-state index in [1.807, 2.05) is 52.3 Å². The van der Waals surface area contributed by atoms with Gasteiger partial charge in [0.05, 0.1) is 38.2 Å². The van der Waals surface area contributed by atoms with Crippen molar-refractivity contribution in [2.24, 2.45) is 5.41 Å². The van der Waals surface area contributed by atoms with Gasteiger partial charge in [0.25, 0.3) is 0 Å². The van der Waals surface area contributed by atoms with Crippen LogP contribution in [0.15, 0.2) is 78.0 Å². The fourth-order valence-electron chi connectivity index (χ4n) is 6.72. The predicted molar refractivity (Wildman–Crippen MR) is 170 cm³/mol. The summed E-state index contributed by atoms with van der Waals surface area (Å²) in [5.74, 6) is 1.01. The SMILES string of the molecule is COc1ccc(OC)c(C2C3=C(CC(C)(C)CC3=O)Nc3ccccc3N2CC(=O)N2CCN(c3ccc(F)cc3)CC2)c1. The number of Topliss-reactive ketones (excluding diaryl/α,β-unsaturated/α-hetero) is 1. The summed E-state index contributed by atoms with van der Waals surface area (Å²) in [7, 11) is 3.23. The summed E-state index contributed by atoms with van der Waals surface area (Å²) in [4.78, 5) is 34.3. The molecule has 0 bridgehead atoms. The molecule has 3 aliphatic rings. The zero-order valence-electron chi connectivity index (χ0n) is 25.7. The van der Waals surface area contributed by atoms with Gasteiger partial charge in [-0.3, -0.25) is 9.59 Å². The third-order valence-corrected chi connectivity index (χ3v) is 8.87. The molecule has 2 heterocycles. The number of hydrogen-bond acceptors (Lipinski definition) is 7. The molecule has 6 rings (SSSR count). The Morgan fingerprint density at radius 1 is 0.955 bits per heavy atom. The number of anilines is 3. The number of fused-ring (bicyclic) bond motifs is 1. The lowest BCUT2D eigenvalue weighted by atomic mass is 9.73. The van der Waals surface area contributed by atoms with Crippen molar-refractivity contribution in [3.63, 3.8) is 0 Å². The van der Waals surface area contributed by atoms with Crippen LogP contribution in [0.25, 0.3) is 0 Å². The van der Waals surface area contributed by atoms with Crippen LogP contribution < -0.4 is 24.6 Å². The zero-order chi connectivity index (χ0) is 31.0. The number of carbonyl (C=O) groups excluding carboxylic acids is 2. The number of methoxy groups -OCH3 is 2. The molecule has 1 N–H and O–H groups in total. The minimum absolute atomic E-state index is 0.0296. The van der Waals surface area contributed by atoms with Crippen LogP contribution in [0.1, 0.15) is 38.3 Å². The largest absolute Gasteiger partial charge is 0.497 e. The van der Waals surface area contributed by atoms with Gasteiger partial charge in [-0.2, -0.15) is 0 Å². The molecule has 0 spiro atoms. The van der Waals surface area contributed by atoms with Gasteiger partial charge in [0.2, 0.25) is 5.91 Å². The number of para-hydroxylation sites is 2. The Kier molecular flexibility index (Phi) is 7.97. The number of nitrogens with one attached hydrogen (secondary N) is 1. The highest BCUT2D eigenvalue weighted by Crippen LogP contribution is 2.50. The smallest absolute Gasteiger partial charge is 0.242 e. The van der Waals surface area contributed by atoms with Crippen LogP contribution in [-0.4, -0.2) is 63.5 Å². The molecule has 230 valence electrons. The Balaban J connectivity index is 1.39. The molecule has 2 aliphatic heterocycles. The Bertz CT molecular complexity index is 1590. The van der Waals surface area contributed by atoms with E-state index in [2.05, 4.69) is 24.1 Å². The lowest BCUT2D eigenvalue weighted by Crippen LogP contribution is -2.52. The first-order valence-corrected chi connectivity index (χ1v) is 15.1. The van der Waals surface area contributed by atoms with Crippen molar-refractivity contribution >= 4 is 28.8 Å². The van der Waals surface area contributed by atoms with E-state index in [0.29, 0.717) is 56.1 Å². The molecular weight excluding hydrogens is 559 g/mol. The van der Waals surface area contributed by atoms with E-state index >= 15 is 0 Å². The second-order valence-corrected chi connectivity index (χ2v) is 12.5. The molecule has 0 radical (unpaired) electrons. The van der Waals surface area contributed by atoms with Crippen LogP contribution in [0.2, 0.25) is 0 Å². The van der Waals surface area contributed by atoms with Gasteiger partial charge in [-0.05, 0) is 66.4 Å². The van der Waals surface area contributed by atoms with Gasteiger partial charge in [0.1, 0.15) is 17.3 Å². The van der Waals surface area contributed by atoms with Crippen LogP contribution in [0.5, 0.6) is 11.5 Å². The summed E-state index contributed by atoms with van der Waals surface area (Å²) >= 11 is 0. The van der Waals surface area contributed by atoms with Crippen LogP contribution in [-0.2, 0) is 9.59 Å². The van der Waals surface area contributed by atoms with Crippen LogP contribution >= 0.6 is 0 Å². The van der Waals surface area contributed by atoms with Crippen molar-refractivity contribution in [3.05, 3.63) is 89.4 Å². The zero-order valence-corrected chi connectivity index (χ0v) is 25.7. The third kappa shape index (κ3) is 5.70. The molecule has 1 aliphatic carbocycles. The summed E-state index contributed by atoms with van der Waals surface area (Å²) < 4.78 is 24.9. The van der Waals surface area contributed by atoms with Gasteiger partial charge in [-0.1, -0.05) is 26.0 Å². The van der Waals surface area contributed by atoms with Crippen molar-refractivity contribution in [2.45, 2.75) is 32.7 Å². The van der Waals surface area contributed by atoms with Gasteiger partial charge in [0, 0.05) is 55.1 Å². The van der Waals surface area contributed by atoms with Crippen LogP contribution in [0.3, 0.4) is 0 Å². The molecule has 3 aromatic rings. The maximum absolute atomic E-state index is 14.1. The molecule has 3 aromatic carbocycles. The quantitative estimate of drug-likeness (QED) is 0.384. The number of nitrogens with zero attached hydrogens (tertiary/aromatic N) is 3. The van der Waals surface area contributed by atoms with E-state index in [9.17, 15) is 14.0 Å². The van der Waals surface area contributed by atoms with E-state index in [1.165, 1.54) is 12.1 Å². The van der Waals surface area contributed by atoms with E-state index in [-0.39, 0.29) is 29.5 Å². The molecule has 1 atom stereocenters. The molecule has 44 heavy (non-hydrogen) atoms. The van der Waals surface area contributed by atoms with Gasteiger partial charge < -0.3 is 29.5 Å². The van der Waals surface area contributed by atoms with Gasteiger partial charge in [-0.15, -0.1) is 0 Å². The number of ketones is 1. The topological polar surface area (TPSA) is 74.3 Å². The monoisotopic (exact) mass is 598 g/mol. The van der Waals surface area contributed by atoms with E-state index < -0.39 is 6.04 Å². The Morgan fingerprint density at radius 3 is 2.39 bits per heavy atom. The molecular formula is C35H39FN4O4. The van der Waals surface area contributed by atoms with Crippen molar-refractivity contribution in [1.82, 2.24) is 4.90 Å². The number of amides is 1. The van der Waals surface area contributed by atoms with E-state index in [4.69, 9.17) is 9.47 Å². The summed E-state index contributed by atoms with van der Waals surface area (Å²) in [6.45, 7) is 6.66. The standard InChI is InChI=1S/C35H39FN4O4/c1-35(2)20-28-33(30(41)21-35)34(26-19-25(43-3)13-14-31(26)44-4)40(29-8-6-5-7-27(29)37-28)22-32(42)39-17-15-38(16-18-39)24-11-9-23(36)10-12-24/h5-14,19,34,37H,15-18,20-22H2,1-4H3. The van der Waals surface area contributed by atoms with E-state index in [0.717, 1.165) is 28.3 Å². The number of piperazine rings is 1. The molecule has 1 fully saturated rings. The highest BCUT2D eigenvalue weighted by Gasteiger charge is 2.43. The number of hydrogen-bond donors (Lipinski definition) is 1. The maximum atomic E-state index is 14.1. The highest BCUT2D eigenvalue weighted by molar-refractivity contribution is 6.02. The van der Waals surface area contributed by atoms with Crippen molar-refractivity contribution in [2.75, 3.05) is 62.1 Å². The van der Waals surface area contributed by atoms with Crippen LogP contribution in [0.4, 0.5) is 21.5 Å². The van der Waals surface area contributed by atoms with Crippen molar-refractivity contribution in [1.29, 1.82) is 0 Å². The Hall–Kier alpha value is -4.53. The lowest BCUT2D eigenvalue weighted by Gasteiger charge is -2.40. The average molecular weight is 599 g/mol. The summed E-state index contributed by atoms with van der Waals surface area (Å²) in [6, 6.07) is 19.4. The minimum atomic E-state index is -0.584. The number of rotatable bonds is 6. The summed E-state index contributed by atoms with van der Waals surface area (Å²) in [5, 5.41) is 3.61. The molecule has 1 saturated heterocycles. The molecule has 9 heteroatoms. The highest BCUT2D eigenvalue weighted by atomic mass is 19.1. The first-order valence-electron chi connectivity index (χ1n) is 15.1. The van der Waals surface area contributed by atoms with E-state index in [1.54, 1.807) is 26.4 Å². The molecule has 8 nitrogen and oxygen atoms in total. The van der Waals surface area contributed by atoms with Gasteiger partial charge >= 0.3 is 0 Å². The second kappa shape index (κ2) is 11.9. The third-order valence-electron chi connectivity index (χ3n) is 8.87. The van der Waals surface area contributed by atoms with Crippen molar-refractivity contribution < 1.29 is 23.5 Å². The maximum Gasteiger partial charge on any atom is 0.242 e. The number of allylic oxidation sites excluding steroid dienone is 1. The Labute approximate surface area is 258 Å². The number of halogens is 1. The minimum Gasteiger partial charge on any atom is -0.497 e. The molecule has 0 aromatic heterocycles. The summed E-state index contributed by atoms with van der Waals surface area (Å²) in [5.41, 5.74) is 4.70. The number of benzene rings is 3. The van der Waals surface area contributed by atoms with Gasteiger partial charge in [-0.25, -0.2) is 4.39 Å². The molecule has 1 amide bonds. The first-order chi connectivity index (χ1) is 21.2. The van der Waals surface area contributed by atoms with Gasteiger partial charge in [0.15, 0.2) is 5.78 Å². The summed E-state index contributed by atoms with van der Waals surface area (Å²) in [6.07, 6.45) is 1.10. The molecule has 0 saturated carbocycles. The van der Waals surface area contributed by atoms with Crippen LogP contribution in [0, 0.1) is 11.2 Å². The Morgan fingerprint density at radius 2 is 1.68 bits per heavy atom. The fraction of sp³-hybridized carbons (Fsp3) is 0.371. The number of ether oxygens (including phenoxy) is 2. The lowest BCUT2D eigenvalue weighted by molar-refractivity contribution is -0.130.